The molecule has 2 unspecified atom stereocenters. The smallest absolute Gasteiger partial charge is 0.234 e. The highest BCUT2D eigenvalue weighted by Crippen LogP contribution is 2.27. The zero-order valence-electron chi connectivity index (χ0n) is 13.2. The molecule has 0 aliphatic heterocycles. The first-order chi connectivity index (χ1) is 10.5. The van der Waals surface area contributed by atoms with E-state index < -0.39 is 11.6 Å². The van der Waals surface area contributed by atoms with Crippen LogP contribution >= 0.6 is 0 Å². The van der Waals surface area contributed by atoms with Gasteiger partial charge in [-0.15, -0.1) is 0 Å². The Kier molecular flexibility index (Phi) is 5.89. The normalized spacial score (nSPS) is 21.9. The molecule has 0 saturated heterocycles. The highest BCUT2D eigenvalue weighted by Gasteiger charge is 2.25. The summed E-state index contributed by atoms with van der Waals surface area (Å²) >= 11 is 0. The third-order valence-corrected chi connectivity index (χ3v) is 4.44. The topological polar surface area (TPSA) is 32.3 Å². The maximum atomic E-state index is 13.1. The van der Waals surface area contributed by atoms with Gasteiger partial charge in [0.05, 0.1) is 6.54 Å². The quantitative estimate of drug-likeness (QED) is 0.906. The molecule has 3 nitrogen and oxygen atoms in total. The number of benzene rings is 1. The van der Waals surface area contributed by atoms with Crippen LogP contribution in [0.1, 0.15) is 38.2 Å². The van der Waals surface area contributed by atoms with Crippen LogP contribution in [0.15, 0.2) is 18.2 Å². The van der Waals surface area contributed by atoms with Crippen molar-refractivity contribution in [2.45, 2.75) is 45.2 Å². The number of nitrogens with zero attached hydrogens (tertiary/aromatic N) is 1. The number of amides is 1. The maximum absolute atomic E-state index is 13.1. The minimum atomic E-state index is -0.627. The van der Waals surface area contributed by atoms with Crippen LogP contribution in [0.2, 0.25) is 0 Å². The average molecular weight is 310 g/mol. The van der Waals surface area contributed by atoms with Gasteiger partial charge in [0.2, 0.25) is 5.91 Å². The molecule has 0 radical (unpaired) electrons. The van der Waals surface area contributed by atoms with E-state index in [0.29, 0.717) is 24.1 Å². The molecule has 1 N–H and O–H groups in total. The minimum Gasteiger partial charge on any atom is -0.351 e. The van der Waals surface area contributed by atoms with Gasteiger partial charge in [-0.2, -0.15) is 0 Å². The predicted octanol–water partition coefficient (Wildman–Crippen LogP) is 3.09. The van der Waals surface area contributed by atoms with Crippen molar-refractivity contribution in [3.63, 3.8) is 0 Å². The van der Waals surface area contributed by atoms with Crippen molar-refractivity contribution >= 4 is 5.91 Å². The van der Waals surface area contributed by atoms with Gasteiger partial charge < -0.3 is 5.32 Å². The molecular weight excluding hydrogens is 286 g/mol. The Bertz CT molecular complexity index is 501. The summed E-state index contributed by atoms with van der Waals surface area (Å²) < 4.78 is 26.2. The molecule has 2 atom stereocenters. The molecule has 0 bridgehead atoms. The van der Waals surface area contributed by atoms with Gasteiger partial charge in [0, 0.05) is 18.7 Å². The Labute approximate surface area is 130 Å². The Balaban J connectivity index is 1.82. The zero-order valence-corrected chi connectivity index (χ0v) is 13.2. The third kappa shape index (κ3) is 4.77. The Hall–Kier alpha value is -1.49. The SMILES string of the molecule is CC1CCCCC1N(C)CC(=O)NCc1cc(F)cc(F)c1. The minimum absolute atomic E-state index is 0.120. The van der Waals surface area contributed by atoms with E-state index in [0.717, 1.165) is 12.5 Å². The molecule has 1 aliphatic carbocycles. The predicted molar refractivity (Wildman–Crippen MR) is 82.3 cm³/mol. The van der Waals surface area contributed by atoms with Gasteiger partial charge >= 0.3 is 0 Å². The Morgan fingerprint density at radius 2 is 1.86 bits per heavy atom. The Morgan fingerprint density at radius 3 is 2.50 bits per heavy atom. The van der Waals surface area contributed by atoms with Gasteiger partial charge in [0.15, 0.2) is 0 Å². The van der Waals surface area contributed by atoms with Crippen LogP contribution in [0.4, 0.5) is 8.78 Å². The lowest BCUT2D eigenvalue weighted by Crippen LogP contribution is -2.44. The summed E-state index contributed by atoms with van der Waals surface area (Å²) in [5, 5.41) is 2.72. The molecule has 5 heteroatoms. The molecule has 122 valence electrons. The fourth-order valence-electron chi connectivity index (χ4n) is 3.26. The number of carbonyl (C=O) groups excluding carboxylic acids is 1. The van der Waals surface area contributed by atoms with Crippen molar-refractivity contribution in [2.24, 2.45) is 5.92 Å². The summed E-state index contributed by atoms with van der Waals surface area (Å²) in [5.74, 6) is -0.774. The van der Waals surface area contributed by atoms with Gasteiger partial charge in [-0.1, -0.05) is 19.8 Å². The molecular formula is C17H24F2N2O. The van der Waals surface area contributed by atoms with Crippen LogP contribution in [0.25, 0.3) is 0 Å². The fraction of sp³-hybridized carbons (Fsp3) is 0.588. The number of rotatable bonds is 5. The van der Waals surface area contributed by atoms with Gasteiger partial charge in [-0.25, -0.2) is 8.78 Å². The second-order valence-electron chi connectivity index (χ2n) is 6.30. The molecule has 1 fully saturated rings. The third-order valence-electron chi connectivity index (χ3n) is 4.44. The average Bonchev–Trinajstić information content (AvgIpc) is 2.44. The molecule has 22 heavy (non-hydrogen) atoms. The highest BCUT2D eigenvalue weighted by atomic mass is 19.1. The van der Waals surface area contributed by atoms with Crippen molar-refractivity contribution in [1.82, 2.24) is 10.2 Å². The van der Waals surface area contributed by atoms with Crippen molar-refractivity contribution < 1.29 is 13.6 Å². The van der Waals surface area contributed by atoms with Crippen LogP contribution in [0.5, 0.6) is 0 Å². The van der Waals surface area contributed by atoms with E-state index in [9.17, 15) is 13.6 Å². The van der Waals surface area contributed by atoms with E-state index in [2.05, 4.69) is 17.1 Å². The van der Waals surface area contributed by atoms with E-state index >= 15 is 0 Å². The summed E-state index contributed by atoms with van der Waals surface area (Å²) in [6, 6.07) is 3.72. The van der Waals surface area contributed by atoms with Crippen molar-refractivity contribution in [2.75, 3.05) is 13.6 Å². The van der Waals surface area contributed by atoms with Crippen molar-refractivity contribution in [3.8, 4) is 0 Å². The molecule has 0 heterocycles. The first-order valence-electron chi connectivity index (χ1n) is 7.87. The molecule has 1 aromatic rings. The van der Waals surface area contributed by atoms with E-state index in [1.165, 1.54) is 31.4 Å². The molecule has 0 spiro atoms. The van der Waals surface area contributed by atoms with Crippen LogP contribution in [0.3, 0.4) is 0 Å². The number of nitrogens with one attached hydrogen (secondary N) is 1. The van der Waals surface area contributed by atoms with Crippen molar-refractivity contribution in [3.05, 3.63) is 35.4 Å². The van der Waals surface area contributed by atoms with E-state index in [-0.39, 0.29) is 12.5 Å². The van der Waals surface area contributed by atoms with Crippen molar-refractivity contribution in [1.29, 1.82) is 0 Å². The van der Waals surface area contributed by atoms with E-state index in [1.807, 2.05) is 7.05 Å². The largest absolute Gasteiger partial charge is 0.351 e. The zero-order chi connectivity index (χ0) is 16.1. The molecule has 1 aromatic carbocycles. The molecule has 1 saturated carbocycles. The van der Waals surface area contributed by atoms with Crippen LogP contribution < -0.4 is 5.32 Å². The number of hydrogen-bond donors (Lipinski definition) is 1. The lowest BCUT2D eigenvalue weighted by Gasteiger charge is -2.35. The number of likely N-dealkylation sites (N-methyl/N-ethyl adjacent to an activating group) is 1. The van der Waals surface area contributed by atoms with Gasteiger partial charge in [0.25, 0.3) is 0 Å². The second-order valence-corrected chi connectivity index (χ2v) is 6.30. The number of hydrogen-bond acceptors (Lipinski definition) is 2. The summed E-state index contributed by atoms with van der Waals surface area (Å²) in [7, 11) is 1.97. The molecule has 1 amide bonds. The monoisotopic (exact) mass is 310 g/mol. The lowest BCUT2D eigenvalue weighted by atomic mass is 9.85. The van der Waals surface area contributed by atoms with Crippen LogP contribution in [0, 0.1) is 17.6 Å². The molecule has 0 aromatic heterocycles. The molecule has 1 aliphatic rings. The molecule has 2 rings (SSSR count). The van der Waals surface area contributed by atoms with E-state index in [1.54, 1.807) is 0 Å². The van der Waals surface area contributed by atoms with Gasteiger partial charge in [0.1, 0.15) is 11.6 Å². The Morgan fingerprint density at radius 1 is 1.23 bits per heavy atom. The first kappa shape index (κ1) is 16.9. The summed E-state index contributed by atoms with van der Waals surface area (Å²) in [6.45, 7) is 2.68. The number of halogens is 2. The summed E-state index contributed by atoms with van der Waals surface area (Å²) in [6.07, 6.45) is 4.81. The van der Waals surface area contributed by atoms with Gasteiger partial charge in [-0.3, -0.25) is 9.69 Å². The number of carbonyl (C=O) groups is 1. The van der Waals surface area contributed by atoms with E-state index in [4.69, 9.17) is 0 Å². The summed E-state index contributed by atoms with van der Waals surface area (Å²) in [4.78, 5) is 14.1. The van der Waals surface area contributed by atoms with Gasteiger partial charge in [-0.05, 0) is 43.5 Å². The highest BCUT2D eigenvalue weighted by molar-refractivity contribution is 5.78. The summed E-state index contributed by atoms with van der Waals surface area (Å²) in [5.41, 5.74) is 0.430. The second kappa shape index (κ2) is 7.68. The van der Waals surface area contributed by atoms with Crippen LogP contribution in [-0.4, -0.2) is 30.4 Å². The fourth-order valence-corrected chi connectivity index (χ4v) is 3.26. The lowest BCUT2D eigenvalue weighted by molar-refractivity contribution is -0.123. The maximum Gasteiger partial charge on any atom is 0.234 e. The first-order valence-corrected chi connectivity index (χ1v) is 7.87. The standard InChI is InChI=1S/C17H24F2N2O/c1-12-5-3-4-6-16(12)21(2)11-17(22)20-10-13-7-14(18)9-15(19)8-13/h7-9,12,16H,3-6,10-11H2,1-2H3,(H,20,22). The van der Waals surface area contributed by atoms with Crippen LogP contribution in [-0.2, 0) is 11.3 Å².